The van der Waals surface area contributed by atoms with E-state index >= 15 is 0 Å². The third-order valence-electron chi connectivity index (χ3n) is 3.18. The number of hydrogen-bond donors (Lipinski definition) is 1. The quantitative estimate of drug-likeness (QED) is 0.808. The van der Waals surface area contributed by atoms with Gasteiger partial charge < -0.3 is 15.4 Å². The number of benzene rings is 1. The van der Waals surface area contributed by atoms with Crippen LogP contribution in [0.2, 0.25) is 0 Å². The highest BCUT2D eigenvalue weighted by Gasteiger charge is 2.12. The molecule has 2 N–H and O–H groups in total. The molecule has 0 bridgehead atoms. The molecule has 0 heterocycles. The van der Waals surface area contributed by atoms with E-state index in [1.54, 1.807) is 7.11 Å². The normalized spacial score (nSPS) is 12.6. The van der Waals surface area contributed by atoms with Gasteiger partial charge in [-0.3, -0.25) is 0 Å². The molecule has 1 aromatic rings. The first-order valence-corrected chi connectivity index (χ1v) is 6.62. The number of rotatable bonds is 7. The topological polar surface area (TPSA) is 38.5 Å². The Balaban J connectivity index is 2.59. The van der Waals surface area contributed by atoms with Gasteiger partial charge in [-0.25, -0.2) is 0 Å². The van der Waals surface area contributed by atoms with Gasteiger partial charge in [-0.15, -0.1) is 0 Å². The molecule has 1 aromatic carbocycles. The number of anilines is 1. The summed E-state index contributed by atoms with van der Waals surface area (Å²) in [6.45, 7) is 6.24. The van der Waals surface area contributed by atoms with E-state index in [4.69, 9.17) is 10.5 Å². The summed E-state index contributed by atoms with van der Waals surface area (Å²) >= 11 is 0. The number of nitrogens with two attached hydrogens (primary N) is 1. The Bertz CT molecular complexity index is 335. The van der Waals surface area contributed by atoms with Crippen molar-refractivity contribution < 1.29 is 4.74 Å². The van der Waals surface area contributed by atoms with E-state index in [1.165, 1.54) is 12.1 Å². The van der Waals surface area contributed by atoms with E-state index in [-0.39, 0.29) is 0 Å². The number of nitrogens with zero attached hydrogens (tertiary/aromatic N) is 1. The van der Waals surface area contributed by atoms with Crippen LogP contribution in [0.4, 0.5) is 5.69 Å². The average Bonchev–Trinajstić information content (AvgIpc) is 2.37. The molecule has 0 aromatic heterocycles. The van der Waals surface area contributed by atoms with E-state index in [2.05, 4.69) is 37.9 Å². The van der Waals surface area contributed by atoms with Crippen LogP contribution in [0.3, 0.4) is 0 Å². The van der Waals surface area contributed by atoms with Crippen LogP contribution in [0.1, 0.15) is 20.3 Å². The van der Waals surface area contributed by atoms with Crippen LogP contribution in [0, 0.1) is 11.8 Å². The van der Waals surface area contributed by atoms with E-state index in [0.717, 1.165) is 18.8 Å². The molecule has 0 radical (unpaired) electrons. The Morgan fingerprint density at radius 2 is 1.83 bits per heavy atom. The van der Waals surface area contributed by atoms with Crippen molar-refractivity contribution in [1.82, 2.24) is 0 Å². The maximum atomic E-state index is 5.85. The predicted molar refractivity (Wildman–Crippen MR) is 78.3 cm³/mol. The van der Waals surface area contributed by atoms with Crippen molar-refractivity contribution in [1.29, 1.82) is 0 Å². The van der Waals surface area contributed by atoms with Gasteiger partial charge in [-0.1, -0.05) is 13.8 Å². The maximum Gasteiger partial charge on any atom is 0.119 e. The molecule has 0 aliphatic carbocycles. The fourth-order valence-electron chi connectivity index (χ4n) is 2.24. The first-order valence-electron chi connectivity index (χ1n) is 6.62. The molecule has 0 amide bonds. The summed E-state index contributed by atoms with van der Waals surface area (Å²) in [5.74, 6) is 2.14. The zero-order valence-corrected chi connectivity index (χ0v) is 12.0. The van der Waals surface area contributed by atoms with Crippen LogP contribution >= 0.6 is 0 Å². The zero-order valence-electron chi connectivity index (χ0n) is 12.0. The lowest BCUT2D eigenvalue weighted by Crippen LogP contribution is -2.30. The SMILES string of the molecule is COc1ccc(N(C)CC(CN)CC(C)C)cc1. The van der Waals surface area contributed by atoms with E-state index in [0.29, 0.717) is 11.8 Å². The second-order valence-corrected chi connectivity index (χ2v) is 5.31. The Hall–Kier alpha value is -1.22. The fraction of sp³-hybridized carbons (Fsp3) is 0.600. The molecule has 0 aliphatic rings. The minimum atomic E-state index is 0.553. The molecule has 0 spiro atoms. The van der Waals surface area contributed by atoms with Gasteiger partial charge in [0.2, 0.25) is 0 Å². The third-order valence-corrected chi connectivity index (χ3v) is 3.18. The van der Waals surface area contributed by atoms with Crippen LogP contribution in [-0.4, -0.2) is 27.2 Å². The highest BCUT2D eigenvalue weighted by molar-refractivity contribution is 5.48. The Labute approximate surface area is 111 Å². The molecule has 3 heteroatoms. The molecule has 1 unspecified atom stereocenters. The summed E-state index contributed by atoms with van der Waals surface area (Å²) in [7, 11) is 3.80. The fourth-order valence-corrected chi connectivity index (χ4v) is 2.24. The highest BCUT2D eigenvalue weighted by atomic mass is 16.5. The lowest BCUT2D eigenvalue weighted by atomic mass is 9.96. The summed E-state index contributed by atoms with van der Waals surface area (Å²) in [6, 6.07) is 8.15. The molecule has 1 rings (SSSR count). The number of ether oxygens (including phenoxy) is 1. The van der Waals surface area contributed by atoms with E-state index in [9.17, 15) is 0 Å². The minimum absolute atomic E-state index is 0.553. The van der Waals surface area contributed by atoms with E-state index < -0.39 is 0 Å². The van der Waals surface area contributed by atoms with Crippen molar-refractivity contribution in [3.05, 3.63) is 24.3 Å². The smallest absolute Gasteiger partial charge is 0.119 e. The second kappa shape index (κ2) is 7.27. The van der Waals surface area contributed by atoms with Crippen molar-refractivity contribution >= 4 is 5.69 Å². The van der Waals surface area contributed by atoms with Crippen LogP contribution < -0.4 is 15.4 Å². The third kappa shape index (κ3) is 4.57. The Kier molecular flexibility index (Phi) is 5.99. The van der Waals surface area contributed by atoms with Crippen molar-refractivity contribution in [2.24, 2.45) is 17.6 Å². The number of hydrogen-bond acceptors (Lipinski definition) is 3. The minimum Gasteiger partial charge on any atom is -0.497 e. The summed E-state index contributed by atoms with van der Waals surface area (Å²) in [5, 5.41) is 0. The highest BCUT2D eigenvalue weighted by Crippen LogP contribution is 2.20. The summed E-state index contributed by atoms with van der Waals surface area (Å²) in [4.78, 5) is 2.26. The molecular formula is C15H26N2O. The van der Waals surface area contributed by atoms with Crippen molar-refractivity contribution in [2.45, 2.75) is 20.3 Å². The molecule has 3 nitrogen and oxygen atoms in total. The first-order chi connectivity index (χ1) is 8.56. The van der Waals surface area contributed by atoms with Gasteiger partial charge in [0.25, 0.3) is 0 Å². The van der Waals surface area contributed by atoms with Gasteiger partial charge in [0.1, 0.15) is 5.75 Å². The van der Waals surface area contributed by atoms with E-state index in [1.807, 2.05) is 12.1 Å². The summed E-state index contributed by atoms with van der Waals surface area (Å²) in [5.41, 5.74) is 7.05. The second-order valence-electron chi connectivity index (χ2n) is 5.31. The van der Waals surface area contributed by atoms with Crippen LogP contribution in [0.5, 0.6) is 5.75 Å². The zero-order chi connectivity index (χ0) is 13.5. The summed E-state index contributed by atoms with van der Waals surface area (Å²) < 4.78 is 5.17. The summed E-state index contributed by atoms with van der Waals surface area (Å²) in [6.07, 6.45) is 1.18. The van der Waals surface area contributed by atoms with Crippen LogP contribution in [0.15, 0.2) is 24.3 Å². The largest absolute Gasteiger partial charge is 0.497 e. The van der Waals surface area contributed by atoms with Crippen molar-refractivity contribution in [3.63, 3.8) is 0 Å². The lowest BCUT2D eigenvalue weighted by molar-refractivity contribution is 0.414. The Morgan fingerprint density at radius 3 is 2.28 bits per heavy atom. The van der Waals surface area contributed by atoms with Gasteiger partial charge in [-0.05, 0) is 49.1 Å². The van der Waals surface area contributed by atoms with Gasteiger partial charge in [0, 0.05) is 19.3 Å². The first kappa shape index (κ1) is 14.8. The molecule has 0 fully saturated rings. The molecule has 0 saturated carbocycles. The van der Waals surface area contributed by atoms with Crippen LogP contribution in [-0.2, 0) is 0 Å². The van der Waals surface area contributed by atoms with Crippen molar-refractivity contribution in [3.8, 4) is 5.75 Å². The predicted octanol–water partition coefficient (Wildman–Crippen LogP) is 2.75. The molecular weight excluding hydrogens is 224 g/mol. The molecule has 0 aliphatic heterocycles. The van der Waals surface area contributed by atoms with Gasteiger partial charge in [0.15, 0.2) is 0 Å². The van der Waals surface area contributed by atoms with Gasteiger partial charge in [-0.2, -0.15) is 0 Å². The van der Waals surface area contributed by atoms with Gasteiger partial charge >= 0.3 is 0 Å². The standard InChI is InChI=1S/C15H26N2O/c1-12(2)9-13(10-16)11-17(3)14-5-7-15(18-4)8-6-14/h5-8,12-13H,9-11,16H2,1-4H3. The van der Waals surface area contributed by atoms with Crippen LogP contribution in [0.25, 0.3) is 0 Å². The molecule has 18 heavy (non-hydrogen) atoms. The molecule has 0 saturated heterocycles. The molecule has 102 valence electrons. The molecule has 1 atom stereocenters. The maximum absolute atomic E-state index is 5.85. The lowest BCUT2D eigenvalue weighted by Gasteiger charge is -2.26. The number of methoxy groups -OCH3 is 1. The monoisotopic (exact) mass is 250 g/mol. The van der Waals surface area contributed by atoms with Gasteiger partial charge in [0.05, 0.1) is 7.11 Å². The Morgan fingerprint density at radius 1 is 1.22 bits per heavy atom. The average molecular weight is 250 g/mol. The van der Waals surface area contributed by atoms with Crippen molar-refractivity contribution in [2.75, 3.05) is 32.1 Å².